The molecule has 3 heterocycles. The molecule has 15 nitrogen and oxygen atoms in total. The van der Waals surface area contributed by atoms with Gasteiger partial charge in [-0.25, -0.2) is 0 Å². The summed E-state index contributed by atoms with van der Waals surface area (Å²) in [7, 11) is 0. The largest absolute Gasteiger partial charge is 0.394 e. The monoisotopic (exact) mass is 584 g/mol. The van der Waals surface area contributed by atoms with Gasteiger partial charge in [-0.15, -0.1) is 6.58 Å². The lowest BCUT2D eigenvalue weighted by molar-refractivity contribution is -0.373. The number of unbranched alkanes of at least 4 members (excludes halogenated alkanes) is 2. The van der Waals surface area contributed by atoms with Crippen molar-refractivity contribution in [2.24, 2.45) is 0 Å². The molecule has 0 spiro atoms. The molecule has 40 heavy (non-hydrogen) atoms. The van der Waals surface area contributed by atoms with Crippen LogP contribution in [0.1, 0.15) is 32.6 Å². The lowest BCUT2D eigenvalue weighted by Crippen LogP contribution is -2.65. The predicted octanol–water partition coefficient (Wildman–Crippen LogP) is -3.77. The second kappa shape index (κ2) is 15.6. The third kappa shape index (κ3) is 7.94. The molecule has 15 atom stereocenters. The van der Waals surface area contributed by atoms with Crippen LogP contribution in [0.2, 0.25) is 0 Å². The predicted molar refractivity (Wildman–Crippen MR) is 132 cm³/mol. The molecule has 15 unspecified atom stereocenters. The minimum absolute atomic E-state index is 0.327. The minimum Gasteiger partial charge on any atom is -0.394 e. The maximum Gasteiger partial charge on any atom is 0.187 e. The molecule has 0 radical (unpaired) electrons. The van der Waals surface area contributed by atoms with Gasteiger partial charge in [0.1, 0.15) is 67.1 Å². The molecule has 3 fully saturated rings. The molecule has 0 aromatic rings. The summed E-state index contributed by atoms with van der Waals surface area (Å²) in [5.41, 5.74) is 0. The quantitative estimate of drug-likeness (QED) is 0.0746. The molecular weight excluding hydrogens is 540 g/mol. The highest BCUT2D eigenvalue weighted by Gasteiger charge is 2.51. The molecule has 3 aliphatic rings. The van der Waals surface area contributed by atoms with Crippen LogP contribution in [0.5, 0.6) is 0 Å². The molecule has 3 rings (SSSR count). The fraction of sp³-hybridized carbons (Fsp3) is 0.920. The first-order chi connectivity index (χ1) is 19.0. The number of rotatable bonds is 13. The van der Waals surface area contributed by atoms with Gasteiger partial charge in [0.05, 0.1) is 25.9 Å². The number of ether oxygens (including phenoxy) is 6. The van der Waals surface area contributed by atoms with Crippen LogP contribution in [0, 0.1) is 0 Å². The summed E-state index contributed by atoms with van der Waals surface area (Å²) >= 11 is 0. The minimum atomic E-state index is -1.82. The Morgan fingerprint density at radius 3 is 2.10 bits per heavy atom. The van der Waals surface area contributed by atoms with Crippen LogP contribution in [0.3, 0.4) is 0 Å². The van der Waals surface area contributed by atoms with E-state index in [0.717, 1.165) is 19.3 Å². The summed E-state index contributed by atoms with van der Waals surface area (Å²) < 4.78 is 33.6. The molecule has 0 saturated carbocycles. The topological polar surface area (TPSA) is 237 Å². The van der Waals surface area contributed by atoms with Crippen LogP contribution in [0.4, 0.5) is 0 Å². The van der Waals surface area contributed by atoms with E-state index in [-0.39, 0.29) is 6.61 Å². The van der Waals surface area contributed by atoms with Crippen molar-refractivity contribution in [1.82, 2.24) is 0 Å². The molecule has 0 aromatic carbocycles. The first-order valence-electron chi connectivity index (χ1n) is 13.6. The molecule has 0 amide bonds. The Labute approximate surface area is 232 Å². The van der Waals surface area contributed by atoms with Gasteiger partial charge in [-0.1, -0.05) is 32.3 Å². The Kier molecular flexibility index (Phi) is 13.1. The Balaban J connectivity index is 1.71. The summed E-state index contributed by atoms with van der Waals surface area (Å²) in [6, 6.07) is 0. The highest BCUT2D eigenvalue weighted by atomic mass is 16.8. The zero-order chi connectivity index (χ0) is 29.6. The summed E-state index contributed by atoms with van der Waals surface area (Å²) in [5.74, 6) is 0. The van der Waals surface area contributed by atoms with Crippen molar-refractivity contribution in [1.29, 1.82) is 0 Å². The van der Waals surface area contributed by atoms with Gasteiger partial charge in [0.15, 0.2) is 18.9 Å². The van der Waals surface area contributed by atoms with Gasteiger partial charge in [0.2, 0.25) is 0 Å². The summed E-state index contributed by atoms with van der Waals surface area (Å²) in [4.78, 5) is 0. The fourth-order valence-corrected chi connectivity index (χ4v) is 4.76. The third-order valence-electron chi connectivity index (χ3n) is 7.33. The number of aliphatic hydroxyl groups is 9. The van der Waals surface area contributed by atoms with Gasteiger partial charge in [0, 0.05) is 0 Å². The second-order valence-electron chi connectivity index (χ2n) is 10.3. The molecule has 9 N–H and O–H groups in total. The maximum absolute atomic E-state index is 10.8. The Bertz CT molecular complexity index is 760. The average Bonchev–Trinajstić information content (AvgIpc) is 2.95. The van der Waals surface area contributed by atoms with Crippen LogP contribution in [-0.4, -0.2) is 158 Å². The van der Waals surface area contributed by atoms with Crippen molar-refractivity contribution in [2.45, 2.75) is 125 Å². The van der Waals surface area contributed by atoms with E-state index in [4.69, 9.17) is 28.4 Å². The molecule has 0 bridgehead atoms. The van der Waals surface area contributed by atoms with Crippen LogP contribution >= 0.6 is 0 Å². The highest BCUT2D eigenvalue weighted by Crippen LogP contribution is 2.31. The van der Waals surface area contributed by atoms with E-state index in [0.29, 0.717) is 6.42 Å². The van der Waals surface area contributed by atoms with Gasteiger partial charge in [-0.3, -0.25) is 0 Å². The third-order valence-corrected chi connectivity index (χ3v) is 7.33. The Morgan fingerprint density at radius 1 is 0.800 bits per heavy atom. The zero-order valence-electron chi connectivity index (χ0n) is 22.4. The van der Waals surface area contributed by atoms with Crippen molar-refractivity contribution in [3.05, 3.63) is 12.7 Å². The lowest BCUT2D eigenvalue weighted by atomic mass is 9.97. The van der Waals surface area contributed by atoms with Crippen molar-refractivity contribution in [2.75, 3.05) is 19.8 Å². The van der Waals surface area contributed by atoms with Crippen LogP contribution in [0.25, 0.3) is 0 Å². The average molecular weight is 585 g/mol. The lowest BCUT2D eigenvalue weighted by Gasteiger charge is -2.46. The van der Waals surface area contributed by atoms with Gasteiger partial charge in [-0.2, -0.15) is 0 Å². The van der Waals surface area contributed by atoms with E-state index in [9.17, 15) is 46.0 Å². The number of hydrogen-bond acceptors (Lipinski definition) is 15. The second-order valence-corrected chi connectivity index (χ2v) is 10.3. The van der Waals surface area contributed by atoms with E-state index in [1.54, 1.807) is 6.08 Å². The normalized spacial score (nSPS) is 45.2. The van der Waals surface area contributed by atoms with Crippen LogP contribution < -0.4 is 0 Å². The SMILES string of the molecule is C=CC(CCCCC)OC1OC(CO)C(O)C(O)C1OC1OC(COC2OCC(O)C(O)C2O)C(O)C(O)C1O. The molecule has 0 aliphatic carbocycles. The van der Waals surface area contributed by atoms with Crippen molar-refractivity contribution >= 4 is 0 Å². The standard InChI is InChI=1S/C25H44O15/c1-3-5-6-7-11(4-2)37-25-22(19(32)16(29)13(8-26)38-25)40-24-21(34)18(31)17(30)14(39-24)10-36-23-20(33)15(28)12(27)9-35-23/h4,11-34H,2-3,5-10H2,1H3. The van der Waals surface area contributed by atoms with E-state index >= 15 is 0 Å². The molecular formula is C25H44O15. The molecule has 0 aromatic heterocycles. The van der Waals surface area contributed by atoms with Gasteiger partial charge in [-0.05, 0) is 6.42 Å². The Hall–Kier alpha value is -0.860. The zero-order valence-corrected chi connectivity index (χ0v) is 22.4. The molecule has 3 saturated heterocycles. The van der Waals surface area contributed by atoms with Crippen LogP contribution in [-0.2, 0) is 28.4 Å². The van der Waals surface area contributed by atoms with Crippen LogP contribution in [0.15, 0.2) is 12.7 Å². The van der Waals surface area contributed by atoms with Gasteiger partial charge < -0.3 is 74.4 Å². The van der Waals surface area contributed by atoms with E-state index in [2.05, 4.69) is 6.58 Å². The smallest absolute Gasteiger partial charge is 0.187 e. The van der Waals surface area contributed by atoms with Crippen molar-refractivity contribution in [3.8, 4) is 0 Å². The number of hydrogen-bond donors (Lipinski definition) is 9. The highest BCUT2D eigenvalue weighted by molar-refractivity contribution is 4.95. The number of aliphatic hydroxyl groups excluding tert-OH is 9. The first kappa shape index (κ1) is 33.6. The van der Waals surface area contributed by atoms with E-state index in [1.807, 2.05) is 6.92 Å². The van der Waals surface area contributed by atoms with Gasteiger partial charge in [0.25, 0.3) is 0 Å². The maximum atomic E-state index is 10.8. The van der Waals surface area contributed by atoms with Gasteiger partial charge >= 0.3 is 0 Å². The van der Waals surface area contributed by atoms with Crippen molar-refractivity contribution in [3.63, 3.8) is 0 Å². The van der Waals surface area contributed by atoms with E-state index < -0.39 is 105 Å². The molecule has 15 heteroatoms. The summed E-state index contributed by atoms with van der Waals surface area (Å²) in [6.07, 6.45) is -17.2. The first-order valence-corrected chi connectivity index (χ1v) is 13.6. The molecule has 234 valence electrons. The van der Waals surface area contributed by atoms with E-state index in [1.165, 1.54) is 0 Å². The summed E-state index contributed by atoms with van der Waals surface area (Å²) in [6.45, 7) is 4.32. The summed E-state index contributed by atoms with van der Waals surface area (Å²) in [5, 5.41) is 91.9. The molecule has 3 aliphatic heterocycles. The Morgan fingerprint density at radius 2 is 1.45 bits per heavy atom. The fourth-order valence-electron chi connectivity index (χ4n) is 4.76. The van der Waals surface area contributed by atoms with Crippen molar-refractivity contribution < 1.29 is 74.4 Å².